The third kappa shape index (κ3) is 5.93. The number of aromatic nitrogens is 2. The van der Waals surface area contributed by atoms with Gasteiger partial charge in [0.1, 0.15) is 24.1 Å². The maximum atomic E-state index is 14.3. The average Bonchev–Trinajstić information content (AvgIpc) is 3.84. The molecule has 8 nitrogen and oxygen atoms in total. The SMILES string of the molecule is CCOC(=O)C1=C(c2ccccc2)N=c2s/c(=C\c3cn(CCOc4ccc(OC)cc4)c4ccccc34)c(=O)n2[C@H]1c1cccs1. The molecule has 236 valence electrons. The van der Waals surface area contributed by atoms with Gasteiger partial charge in [-0.05, 0) is 54.8 Å². The van der Waals surface area contributed by atoms with Gasteiger partial charge in [0.15, 0.2) is 4.80 Å². The lowest BCUT2D eigenvalue weighted by atomic mass is 9.97. The fourth-order valence-corrected chi connectivity index (χ4v) is 7.62. The van der Waals surface area contributed by atoms with Crippen molar-refractivity contribution in [1.29, 1.82) is 0 Å². The number of fused-ring (bicyclic) bond motifs is 2. The summed E-state index contributed by atoms with van der Waals surface area (Å²) in [6.45, 7) is 3.06. The predicted molar refractivity (Wildman–Crippen MR) is 186 cm³/mol. The number of benzene rings is 3. The Hall–Kier alpha value is -5.19. The zero-order chi connectivity index (χ0) is 32.3. The molecule has 1 aliphatic heterocycles. The first kappa shape index (κ1) is 30.5. The molecule has 3 aromatic carbocycles. The van der Waals surface area contributed by atoms with Crippen molar-refractivity contribution < 1.29 is 19.0 Å². The molecule has 1 atom stereocenters. The third-order valence-electron chi connectivity index (χ3n) is 7.95. The van der Waals surface area contributed by atoms with Crippen LogP contribution in [0.25, 0.3) is 22.7 Å². The monoisotopic (exact) mass is 661 g/mol. The molecule has 0 fully saturated rings. The van der Waals surface area contributed by atoms with E-state index in [9.17, 15) is 9.59 Å². The molecule has 0 unspecified atom stereocenters. The number of carbonyl (C=O) groups excluding carboxylic acids is 1. The molecule has 3 aromatic heterocycles. The molecular weight excluding hydrogens is 631 g/mol. The fraction of sp³-hybridized carbons (Fsp3) is 0.162. The van der Waals surface area contributed by atoms with Crippen molar-refractivity contribution >= 4 is 51.3 Å². The van der Waals surface area contributed by atoms with Crippen molar-refractivity contribution in [3.05, 3.63) is 144 Å². The summed E-state index contributed by atoms with van der Waals surface area (Å²) in [4.78, 5) is 34.2. The van der Waals surface area contributed by atoms with Gasteiger partial charge in [-0.15, -0.1) is 11.3 Å². The number of para-hydroxylation sites is 1. The Balaban J connectivity index is 1.32. The summed E-state index contributed by atoms with van der Waals surface area (Å²) < 4.78 is 21.1. The first-order valence-electron chi connectivity index (χ1n) is 15.2. The lowest BCUT2D eigenvalue weighted by molar-refractivity contribution is -0.138. The summed E-state index contributed by atoms with van der Waals surface area (Å²) in [5.41, 5.74) is 3.40. The van der Waals surface area contributed by atoms with Crippen molar-refractivity contribution in [3.8, 4) is 11.5 Å². The van der Waals surface area contributed by atoms with Gasteiger partial charge in [-0.25, -0.2) is 9.79 Å². The number of thiazole rings is 1. The van der Waals surface area contributed by atoms with Crippen LogP contribution in [-0.4, -0.2) is 35.4 Å². The van der Waals surface area contributed by atoms with Crippen molar-refractivity contribution in [1.82, 2.24) is 9.13 Å². The summed E-state index contributed by atoms with van der Waals surface area (Å²) in [5, 5.41) is 2.97. The molecule has 4 heterocycles. The highest BCUT2D eigenvalue weighted by Gasteiger charge is 2.35. The number of ether oxygens (including phenoxy) is 3. The number of methoxy groups -OCH3 is 1. The molecule has 0 saturated carbocycles. The lowest BCUT2D eigenvalue weighted by Crippen LogP contribution is -2.39. The molecular formula is C37H31N3O5S2. The Kier molecular flexibility index (Phi) is 8.60. The number of carbonyl (C=O) groups is 1. The highest BCUT2D eigenvalue weighted by molar-refractivity contribution is 7.10. The molecule has 0 N–H and O–H groups in total. The van der Waals surface area contributed by atoms with Gasteiger partial charge in [0, 0.05) is 33.1 Å². The van der Waals surface area contributed by atoms with E-state index in [4.69, 9.17) is 19.2 Å². The number of esters is 1. The molecule has 6 aromatic rings. The van der Waals surface area contributed by atoms with Crippen LogP contribution in [-0.2, 0) is 16.1 Å². The molecule has 10 heteroatoms. The van der Waals surface area contributed by atoms with E-state index >= 15 is 0 Å². The van der Waals surface area contributed by atoms with Crippen LogP contribution in [0.3, 0.4) is 0 Å². The maximum absolute atomic E-state index is 14.3. The second-order valence-corrected chi connectivity index (χ2v) is 12.8. The van der Waals surface area contributed by atoms with Gasteiger partial charge in [-0.3, -0.25) is 9.36 Å². The van der Waals surface area contributed by atoms with E-state index in [1.54, 1.807) is 18.6 Å². The van der Waals surface area contributed by atoms with Crippen LogP contribution in [0.4, 0.5) is 0 Å². The van der Waals surface area contributed by atoms with E-state index in [1.165, 1.54) is 22.7 Å². The largest absolute Gasteiger partial charge is 0.497 e. The second-order valence-electron chi connectivity index (χ2n) is 10.8. The molecule has 0 aliphatic carbocycles. The summed E-state index contributed by atoms with van der Waals surface area (Å²) in [6.07, 6.45) is 3.98. The van der Waals surface area contributed by atoms with Gasteiger partial charge in [0.05, 0.1) is 36.1 Å². The fourth-order valence-electron chi connectivity index (χ4n) is 5.81. The van der Waals surface area contributed by atoms with Crippen LogP contribution in [0.5, 0.6) is 11.5 Å². The zero-order valence-electron chi connectivity index (χ0n) is 25.8. The van der Waals surface area contributed by atoms with Crippen LogP contribution in [0.15, 0.2) is 118 Å². The van der Waals surface area contributed by atoms with Crippen LogP contribution in [0.1, 0.15) is 29.0 Å². The zero-order valence-corrected chi connectivity index (χ0v) is 27.4. The highest BCUT2D eigenvalue weighted by Crippen LogP contribution is 2.37. The van der Waals surface area contributed by atoms with Crippen LogP contribution in [0, 0.1) is 0 Å². The summed E-state index contributed by atoms with van der Waals surface area (Å²) in [6, 6.07) is 28.4. The minimum Gasteiger partial charge on any atom is -0.497 e. The van der Waals surface area contributed by atoms with E-state index in [0.717, 1.165) is 38.4 Å². The number of thiophene rings is 1. The standard InChI is InChI=1S/C37H31N3O5S2/c1-3-44-36(42)32-33(24-10-5-4-6-11-24)38-37-40(34(32)30-14-9-21-46-30)35(41)31(47-37)22-25-23-39(29-13-8-7-12-28(25)29)19-20-45-27-17-15-26(43-2)16-18-27/h4-18,21-23,34H,3,19-20H2,1-2H3/b31-22-/t34-/m0/s1. The minimum atomic E-state index is -0.667. The van der Waals surface area contributed by atoms with E-state index in [2.05, 4.69) is 22.9 Å². The summed E-state index contributed by atoms with van der Waals surface area (Å²) in [7, 11) is 1.64. The Bertz CT molecular complexity index is 2260. The van der Waals surface area contributed by atoms with Gasteiger partial charge < -0.3 is 18.8 Å². The van der Waals surface area contributed by atoms with Crippen molar-refractivity contribution in [2.45, 2.75) is 19.5 Å². The van der Waals surface area contributed by atoms with Crippen molar-refractivity contribution in [2.24, 2.45) is 4.99 Å². The molecule has 0 amide bonds. The third-order valence-corrected chi connectivity index (χ3v) is 9.86. The van der Waals surface area contributed by atoms with Crippen LogP contribution < -0.4 is 24.4 Å². The Morgan fingerprint density at radius 1 is 0.957 bits per heavy atom. The molecule has 0 bridgehead atoms. The molecule has 1 aliphatic rings. The number of rotatable bonds is 10. The molecule has 7 rings (SSSR count). The minimum absolute atomic E-state index is 0.208. The Morgan fingerprint density at radius 2 is 1.72 bits per heavy atom. The van der Waals surface area contributed by atoms with Gasteiger partial charge >= 0.3 is 5.97 Å². The molecule has 0 radical (unpaired) electrons. The van der Waals surface area contributed by atoms with Crippen LogP contribution in [0.2, 0.25) is 0 Å². The molecule has 0 saturated heterocycles. The lowest BCUT2D eigenvalue weighted by Gasteiger charge is -2.24. The molecule has 0 spiro atoms. The first-order chi connectivity index (χ1) is 23.1. The second kappa shape index (κ2) is 13.3. The number of nitrogens with zero attached hydrogens (tertiary/aromatic N) is 3. The van der Waals surface area contributed by atoms with Gasteiger partial charge in [0.2, 0.25) is 0 Å². The maximum Gasteiger partial charge on any atom is 0.338 e. The van der Waals surface area contributed by atoms with Crippen molar-refractivity contribution in [3.63, 3.8) is 0 Å². The highest BCUT2D eigenvalue weighted by atomic mass is 32.1. The first-order valence-corrected chi connectivity index (χ1v) is 16.9. The average molecular weight is 662 g/mol. The van der Waals surface area contributed by atoms with Gasteiger partial charge in [0.25, 0.3) is 5.56 Å². The summed E-state index contributed by atoms with van der Waals surface area (Å²) >= 11 is 2.82. The smallest absolute Gasteiger partial charge is 0.338 e. The number of hydrogen-bond donors (Lipinski definition) is 0. The van der Waals surface area contributed by atoms with E-state index in [-0.39, 0.29) is 12.2 Å². The molecule has 47 heavy (non-hydrogen) atoms. The van der Waals surface area contributed by atoms with Crippen LogP contribution >= 0.6 is 22.7 Å². The van der Waals surface area contributed by atoms with Gasteiger partial charge in [-0.1, -0.05) is 65.9 Å². The number of hydrogen-bond acceptors (Lipinski definition) is 8. The van der Waals surface area contributed by atoms with E-state index in [0.29, 0.717) is 33.8 Å². The van der Waals surface area contributed by atoms with Crippen molar-refractivity contribution in [2.75, 3.05) is 20.3 Å². The predicted octanol–water partition coefficient (Wildman–Crippen LogP) is 6.04. The quantitative estimate of drug-likeness (QED) is 0.167. The van der Waals surface area contributed by atoms with E-state index < -0.39 is 12.0 Å². The normalized spacial score (nSPS) is 14.6. The topological polar surface area (TPSA) is 84.1 Å². The Morgan fingerprint density at radius 3 is 2.47 bits per heavy atom. The van der Waals surface area contributed by atoms with E-state index in [1.807, 2.05) is 90.3 Å². The Labute approximate surface area is 278 Å². The summed E-state index contributed by atoms with van der Waals surface area (Å²) in [5.74, 6) is 1.06. The van der Waals surface area contributed by atoms with Gasteiger partial charge in [-0.2, -0.15) is 0 Å².